The molecule has 2 aromatic rings. The number of hydrogen-bond acceptors (Lipinski definition) is 0. The third kappa shape index (κ3) is 25.4. The van der Waals surface area contributed by atoms with Gasteiger partial charge >= 0.3 is 116 Å². The molecule has 0 saturated carbocycles. The molecule has 71 heavy (non-hydrogen) atoms. The molecule has 0 spiro atoms. The van der Waals surface area contributed by atoms with Crippen LogP contribution in [0.25, 0.3) is 16.9 Å². The Morgan fingerprint density at radius 3 is 0.873 bits per heavy atom. The molecular weight excluding hydrogens is 903 g/mol. The van der Waals surface area contributed by atoms with Crippen molar-refractivity contribution in [1.29, 1.82) is 0 Å². The Hall–Kier alpha value is -1.99. The van der Waals surface area contributed by atoms with Crippen LogP contribution in [-0.2, 0) is 53.0 Å². The van der Waals surface area contributed by atoms with Gasteiger partial charge in [0.05, 0.1) is 0 Å². The topological polar surface area (TPSA) is 25.3 Å². The molecule has 2 aromatic carbocycles. The molecule has 0 bridgehead atoms. The van der Waals surface area contributed by atoms with Gasteiger partial charge < -0.3 is 5.53 Å². The van der Waals surface area contributed by atoms with Crippen molar-refractivity contribution in [2.24, 2.45) is 0 Å². The van der Waals surface area contributed by atoms with E-state index in [1.54, 1.807) is 38.1 Å². The third-order valence-corrected chi connectivity index (χ3v) is 16.6. The first kappa shape index (κ1) is 65.1. The molecule has 410 valence electrons. The molecule has 1 heterocycles. The second kappa shape index (κ2) is 43.3. The van der Waals surface area contributed by atoms with Gasteiger partial charge in [-0.3, -0.25) is 0 Å². The van der Waals surface area contributed by atoms with E-state index < -0.39 is 0 Å². The summed E-state index contributed by atoms with van der Waals surface area (Å²) < 4.78 is 1.72. The number of benzene rings is 2. The van der Waals surface area contributed by atoms with Gasteiger partial charge in [-0.25, -0.2) is 4.70 Å². The Morgan fingerprint density at radius 1 is 0.296 bits per heavy atom. The molecule has 1 aliphatic rings. The van der Waals surface area contributed by atoms with E-state index in [4.69, 9.17) is 0 Å². The van der Waals surface area contributed by atoms with Gasteiger partial charge in [0.2, 0.25) is 11.4 Å². The summed E-state index contributed by atoms with van der Waals surface area (Å²) in [5.41, 5.74) is 29.8. The van der Waals surface area contributed by atoms with Crippen molar-refractivity contribution in [3.8, 4) is 0 Å². The predicted molar refractivity (Wildman–Crippen MR) is 316 cm³/mol. The van der Waals surface area contributed by atoms with Crippen LogP contribution >= 0.6 is 0 Å². The summed E-state index contributed by atoms with van der Waals surface area (Å²) in [6.45, 7) is 23.2. The van der Waals surface area contributed by atoms with Crippen LogP contribution in [-0.4, -0.2) is 4.70 Å². The van der Waals surface area contributed by atoms with Crippen molar-refractivity contribution in [3.05, 3.63) is 85.5 Å². The van der Waals surface area contributed by atoms with Gasteiger partial charge in [-0.2, -0.15) is 0 Å². The summed E-state index contributed by atoms with van der Waals surface area (Å²) in [4.78, 5) is 0. The van der Waals surface area contributed by atoms with E-state index in [0.717, 1.165) is 62.8 Å². The fraction of sp³-hybridized carbons (Fsp3) is 0.765. The predicted octanol–water partition coefficient (Wildman–Crippen LogP) is 23.5. The van der Waals surface area contributed by atoms with E-state index in [1.165, 1.54) is 239 Å². The Kier molecular flexibility index (Phi) is 39.7. The average molecular weight is 1020 g/mol. The van der Waals surface area contributed by atoms with E-state index in [0.29, 0.717) is 0 Å². The summed E-state index contributed by atoms with van der Waals surface area (Å²) in [6, 6.07) is 10.1. The van der Waals surface area contributed by atoms with Crippen LogP contribution in [0.1, 0.15) is 332 Å². The number of nitrogens with zero attached hydrogens (tertiary/aromatic N) is 2. The van der Waals surface area contributed by atoms with Crippen molar-refractivity contribution in [3.63, 3.8) is 0 Å². The Morgan fingerprint density at radius 2 is 0.549 bits per heavy atom. The van der Waals surface area contributed by atoms with E-state index in [2.05, 4.69) is 93.5 Å². The second-order valence-electron chi connectivity index (χ2n) is 21.8. The number of aryl methyl sites for hydroxylation is 4. The van der Waals surface area contributed by atoms with Gasteiger partial charge in [0, 0.05) is 22.3 Å². The molecule has 0 radical (unpaired) electrons. The molecule has 0 saturated heterocycles. The molecular formula is C68H118N2Ni. The molecule has 0 aliphatic carbocycles. The average Bonchev–Trinajstić information content (AvgIpc) is 3.66. The minimum absolute atomic E-state index is 1.03. The van der Waals surface area contributed by atoms with Crippen LogP contribution < -0.4 is 0 Å². The molecule has 0 amide bonds. The van der Waals surface area contributed by atoms with Crippen LogP contribution in [0.5, 0.6) is 0 Å². The zero-order valence-electron chi connectivity index (χ0n) is 49.2. The molecule has 0 fully saturated rings. The van der Waals surface area contributed by atoms with Gasteiger partial charge in [-0.15, -0.1) is 0 Å². The first-order valence-electron chi connectivity index (χ1n) is 31.6. The third-order valence-electron chi connectivity index (χ3n) is 15.3. The monoisotopic (exact) mass is 1020 g/mol. The molecule has 0 N–H and O–H groups in total. The maximum atomic E-state index is 12.9. The summed E-state index contributed by atoms with van der Waals surface area (Å²) in [7, 11) is 0. The van der Waals surface area contributed by atoms with E-state index >= 15 is 0 Å². The van der Waals surface area contributed by atoms with Crippen molar-refractivity contribution in [1.82, 2.24) is 0 Å². The first-order valence-corrected chi connectivity index (χ1v) is 33.0. The van der Waals surface area contributed by atoms with Gasteiger partial charge in [-0.05, 0) is 160 Å². The van der Waals surface area contributed by atoms with Crippen LogP contribution in [0.15, 0.2) is 35.4 Å². The minimum atomic E-state index is 1.03. The SMILES string of the molecule is CCCCCCCCC1=C(c2cc(CCCC)c(CCCC)c(CCCC)c2)[N+](=[N-])C(c2cc(CCCC)c(CCCC)c(CCCC)c2)=C1CCCC.CCCCCCC[CH2][Ni][CH2]CCCCCCC. The van der Waals surface area contributed by atoms with Gasteiger partial charge in [-0.1, -0.05) is 132 Å². The summed E-state index contributed by atoms with van der Waals surface area (Å²) >= 11 is 2.01. The van der Waals surface area contributed by atoms with Crippen LogP contribution in [0.2, 0.25) is 10.8 Å². The quantitative estimate of drug-likeness (QED) is 0.0359. The molecule has 0 atom stereocenters. The van der Waals surface area contributed by atoms with Crippen molar-refractivity contribution in [2.45, 2.75) is 337 Å². The fourth-order valence-electron chi connectivity index (χ4n) is 10.8. The summed E-state index contributed by atoms with van der Waals surface area (Å²) in [6.07, 6.45) is 51.0. The zero-order valence-corrected chi connectivity index (χ0v) is 50.2. The molecule has 2 nitrogen and oxygen atoms in total. The Balaban J connectivity index is 0.000000862. The molecule has 0 unspecified atom stereocenters. The van der Waals surface area contributed by atoms with Crippen molar-refractivity contribution < 1.29 is 19.1 Å². The van der Waals surface area contributed by atoms with Gasteiger partial charge in [0.1, 0.15) is 0 Å². The number of rotatable bonds is 44. The first-order chi connectivity index (χ1) is 34.8. The van der Waals surface area contributed by atoms with Crippen LogP contribution in [0.3, 0.4) is 0 Å². The zero-order chi connectivity index (χ0) is 51.7. The number of allylic oxidation sites excluding steroid dienone is 2. The Bertz CT molecular complexity index is 1660. The Labute approximate surface area is 450 Å². The number of hydrogen-bond donors (Lipinski definition) is 0. The fourth-order valence-corrected chi connectivity index (χ4v) is 12.0. The van der Waals surface area contributed by atoms with Gasteiger partial charge in [0.15, 0.2) is 0 Å². The second-order valence-corrected chi connectivity index (χ2v) is 23.2. The summed E-state index contributed by atoms with van der Waals surface area (Å²) in [5, 5.41) is 2.85. The normalized spacial score (nSPS) is 12.8. The van der Waals surface area contributed by atoms with E-state index in [-0.39, 0.29) is 0 Å². The van der Waals surface area contributed by atoms with Gasteiger partial charge in [0.25, 0.3) is 0 Å². The molecule has 1 aliphatic heterocycles. The van der Waals surface area contributed by atoms with Crippen molar-refractivity contribution >= 4 is 11.4 Å². The summed E-state index contributed by atoms with van der Waals surface area (Å²) in [5.74, 6) is 0. The van der Waals surface area contributed by atoms with Crippen LogP contribution in [0, 0.1) is 0 Å². The molecule has 3 heteroatoms. The van der Waals surface area contributed by atoms with E-state index in [9.17, 15) is 5.53 Å². The van der Waals surface area contributed by atoms with E-state index in [1.807, 2.05) is 14.4 Å². The molecule has 3 rings (SSSR count). The number of unbranched alkanes of at least 4 members (excludes halogenated alkanes) is 22. The van der Waals surface area contributed by atoms with Crippen LogP contribution in [0.4, 0.5) is 0 Å². The maximum absolute atomic E-state index is 12.9. The standard InChI is InChI=1S/C52H84N2.2C8H17.Ni/c1-9-17-25-26-27-28-36-50-49(35-24-16-8)51(45-37-41(29-18-10-2)47(33-22-14-6)42(38-45)30-19-11-3)54(53)52(50)46-39-43(31-20-12-4)48(34-23-15-7)44(40-46)32-21-13-5;2*1-3-5-7-8-6-4-2;/h37-40H,9-36H2,1-8H3;2*1,3-8H2,2H3;. The van der Waals surface area contributed by atoms with Crippen molar-refractivity contribution in [2.75, 3.05) is 0 Å². The molecule has 0 aromatic heterocycles.